The molecular weight excluding hydrogens is 162 g/mol. The van der Waals surface area contributed by atoms with E-state index in [4.69, 9.17) is 5.11 Å². The van der Waals surface area contributed by atoms with E-state index < -0.39 is 5.97 Å². The fourth-order valence-corrected chi connectivity index (χ4v) is 2.31. The molecule has 0 radical (unpaired) electrons. The van der Waals surface area contributed by atoms with Crippen LogP contribution in [-0.2, 0) is 4.79 Å². The molecular formula is C7H13NO2S. The van der Waals surface area contributed by atoms with E-state index in [0.717, 1.165) is 18.8 Å². The van der Waals surface area contributed by atoms with Gasteiger partial charge in [0.25, 0.3) is 0 Å². The van der Waals surface area contributed by atoms with Crippen LogP contribution in [0.15, 0.2) is 0 Å². The van der Waals surface area contributed by atoms with Gasteiger partial charge in [0.2, 0.25) is 0 Å². The molecule has 1 rings (SSSR count). The van der Waals surface area contributed by atoms with Crippen LogP contribution in [0.25, 0.3) is 0 Å². The van der Waals surface area contributed by atoms with E-state index in [1.54, 1.807) is 0 Å². The molecule has 1 atom stereocenters. The Kier molecular flexibility index (Phi) is 3.20. The molecule has 1 fully saturated rings. The average molecular weight is 175 g/mol. The van der Waals surface area contributed by atoms with Crippen molar-refractivity contribution in [1.29, 1.82) is 0 Å². The number of carboxylic acids is 1. The zero-order valence-electron chi connectivity index (χ0n) is 6.62. The summed E-state index contributed by atoms with van der Waals surface area (Å²) in [6, 6.07) is 0. The number of hydrogen-bond donors (Lipinski definition) is 1. The number of aliphatic carboxylic acids is 1. The predicted octanol–water partition coefficient (Wildman–Crippen LogP) is 0.508. The highest BCUT2D eigenvalue weighted by Gasteiger charge is 2.17. The van der Waals surface area contributed by atoms with E-state index in [9.17, 15) is 4.79 Å². The van der Waals surface area contributed by atoms with Crippen molar-refractivity contribution in [3.05, 3.63) is 0 Å². The molecule has 0 saturated carbocycles. The van der Waals surface area contributed by atoms with Crippen molar-refractivity contribution in [3.63, 3.8) is 0 Å². The smallest absolute Gasteiger partial charge is 0.317 e. The molecule has 0 bridgehead atoms. The Morgan fingerprint density at radius 3 is 3.09 bits per heavy atom. The molecule has 11 heavy (non-hydrogen) atoms. The lowest BCUT2D eigenvalue weighted by molar-refractivity contribution is -0.138. The SMILES string of the molecule is CC1CN(CC(=O)O)CCS1. The Morgan fingerprint density at radius 1 is 1.82 bits per heavy atom. The Morgan fingerprint density at radius 2 is 2.55 bits per heavy atom. The monoisotopic (exact) mass is 175 g/mol. The highest BCUT2D eigenvalue weighted by molar-refractivity contribution is 7.99. The van der Waals surface area contributed by atoms with E-state index in [0.29, 0.717) is 5.25 Å². The second kappa shape index (κ2) is 3.97. The highest BCUT2D eigenvalue weighted by Crippen LogP contribution is 2.16. The van der Waals surface area contributed by atoms with Crippen molar-refractivity contribution < 1.29 is 9.90 Å². The number of hydrogen-bond acceptors (Lipinski definition) is 3. The predicted molar refractivity (Wildman–Crippen MR) is 46.0 cm³/mol. The topological polar surface area (TPSA) is 40.5 Å². The third-order valence-electron chi connectivity index (χ3n) is 1.68. The Balaban J connectivity index is 2.28. The van der Waals surface area contributed by atoms with Gasteiger partial charge in [-0.3, -0.25) is 9.69 Å². The Labute approximate surface area is 70.8 Å². The van der Waals surface area contributed by atoms with Crippen molar-refractivity contribution in [3.8, 4) is 0 Å². The minimum absolute atomic E-state index is 0.199. The molecule has 1 aliphatic rings. The maximum absolute atomic E-state index is 10.3. The van der Waals surface area contributed by atoms with Crippen molar-refractivity contribution in [2.24, 2.45) is 0 Å². The maximum Gasteiger partial charge on any atom is 0.317 e. The van der Waals surface area contributed by atoms with Gasteiger partial charge in [-0.2, -0.15) is 11.8 Å². The fourth-order valence-electron chi connectivity index (χ4n) is 1.23. The molecule has 1 heterocycles. The molecule has 0 aromatic carbocycles. The molecule has 0 aromatic heterocycles. The van der Waals surface area contributed by atoms with Crippen LogP contribution in [0, 0.1) is 0 Å². The van der Waals surface area contributed by atoms with Crippen LogP contribution in [0.4, 0.5) is 0 Å². The van der Waals surface area contributed by atoms with Crippen LogP contribution in [0.1, 0.15) is 6.92 Å². The molecule has 1 saturated heterocycles. The second-order valence-electron chi connectivity index (χ2n) is 2.81. The normalized spacial score (nSPS) is 26.8. The third-order valence-corrected chi connectivity index (χ3v) is 2.82. The summed E-state index contributed by atoms with van der Waals surface area (Å²) >= 11 is 1.91. The first kappa shape index (κ1) is 8.87. The zero-order chi connectivity index (χ0) is 8.27. The van der Waals surface area contributed by atoms with Gasteiger partial charge in [-0.15, -0.1) is 0 Å². The molecule has 0 aliphatic carbocycles. The summed E-state index contributed by atoms with van der Waals surface area (Å²) in [5.74, 6) is 0.346. The summed E-state index contributed by atoms with van der Waals surface area (Å²) in [6.45, 7) is 4.17. The van der Waals surface area contributed by atoms with Crippen LogP contribution in [0.2, 0.25) is 0 Å². The molecule has 0 aromatic rings. The lowest BCUT2D eigenvalue weighted by atomic mass is 10.4. The van der Waals surface area contributed by atoms with Gasteiger partial charge < -0.3 is 5.11 Å². The van der Waals surface area contributed by atoms with Gasteiger partial charge in [0.15, 0.2) is 0 Å². The molecule has 4 heteroatoms. The van der Waals surface area contributed by atoms with Crippen LogP contribution in [0.3, 0.4) is 0 Å². The number of carboxylic acid groups (broad SMARTS) is 1. The maximum atomic E-state index is 10.3. The van der Waals surface area contributed by atoms with Crippen LogP contribution in [0.5, 0.6) is 0 Å². The molecule has 1 aliphatic heterocycles. The second-order valence-corrected chi connectivity index (χ2v) is 4.36. The summed E-state index contributed by atoms with van der Waals surface area (Å²) in [5, 5.41) is 9.09. The molecule has 3 nitrogen and oxygen atoms in total. The Hall–Kier alpha value is -0.220. The zero-order valence-corrected chi connectivity index (χ0v) is 7.43. The van der Waals surface area contributed by atoms with E-state index in [2.05, 4.69) is 6.92 Å². The first-order valence-electron chi connectivity index (χ1n) is 3.74. The van der Waals surface area contributed by atoms with Crippen molar-refractivity contribution in [2.45, 2.75) is 12.2 Å². The number of carbonyl (C=O) groups is 1. The highest BCUT2D eigenvalue weighted by atomic mass is 32.2. The van der Waals surface area contributed by atoms with Gasteiger partial charge in [-0.1, -0.05) is 6.92 Å². The minimum Gasteiger partial charge on any atom is -0.480 e. The van der Waals surface area contributed by atoms with Gasteiger partial charge in [-0.05, 0) is 0 Å². The van der Waals surface area contributed by atoms with Crippen LogP contribution in [-0.4, -0.2) is 46.6 Å². The van der Waals surface area contributed by atoms with E-state index in [1.807, 2.05) is 16.7 Å². The molecule has 1 N–H and O–H groups in total. The summed E-state index contributed by atoms with van der Waals surface area (Å²) in [5.41, 5.74) is 0. The standard InChI is InChI=1S/C7H13NO2S/c1-6-4-8(2-3-11-6)5-7(9)10/h6H,2-5H2,1H3,(H,9,10). The molecule has 0 spiro atoms. The minimum atomic E-state index is -0.718. The van der Waals surface area contributed by atoms with Crippen molar-refractivity contribution >= 4 is 17.7 Å². The fraction of sp³-hybridized carbons (Fsp3) is 0.857. The van der Waals surface area contributed by atoms with Crippen LogP contribution < -0.4 is 0 Å². The molecule has 0 amide bonds. The van der Waals surface area contributed by atoms with Gasteiger partial charge in [-0.25, -0.2) is 0 Å². The van der Waals surface area contributed by atoms with E-state index >= 15 is 0 Å². The van der Waals surface area contributed by atoms with Gasteiger partial charge in [0, 0.05) is 24.1 Å². The largest absolute Gasteiger partial charge is 0.480 e. The molecule has 64 valence electrons. The summed E-state index contributed by atoms with van der Waals surface area (Å²) in [6.07, 6.45) is 0. The van der Waals surface area contributed by atoms with Gasteiger partial charge in [0.1, 0.15) is 0 Å². The lowest BCUT2D eigenvalue weighted by Crippen LogP contribution is -2.39. The summed E-state index contributed by atoms with van der Waals surface area (Å²) in [4.78, 5) is 12.3. The van der Waals surface area contributed by atoms with Crippen LogP contribution >= 0.6 is 11.8 Å². The van der Waals surface area contributed by atoms with E-state index in [-0.39, 0.29) is 6.54 Å². The van der Waals surface area contributed by atoms with Gasteiger partial charge >= 0.3 is 5.97 Å². The van der Waals surface area contributed by atoms with E-state index in [1.165, 1.54) is 0 Å². The lowest BCUT2D eigenvalue weighted by Gasteiger charge is -2.28. The number of thioether (sulfide) groups is 1. The first-order valence-corrected chi connectivity index (χ1v) is 4.79. The first-order chi connectivity index (χ1) is 5.18. The average Bonchev–Trinajstić information content (AvgIpc) is 1.85. The summed E-state index contributed by atoms with van der Waals surface area (Å²) < 4.78 is 0. The van der Waals surface area contributed by atoms with Crippen molar-refractivity contribution in [1.82, 2.24) is 4.90 Å². The quantitative estimate of drug-likeness (QED) is 0.664. The van der Waals surface area contributed by atoms with Gasteiger partial charge in [0.05, 0.1) is 6.54 Å². The summed E-state index contributed by atoms with van der Waals surface area (Å²) in [7, 11) is 0. The third kappa shape index (κ3) is 3.12. The Bertz CT molecular complexity index is 151. The molecule has 1 unspecified atom stereocenters. The number of nitrogens with zero attached hydrogens (tertiary/aromatic N) is 1. The van der Waals surface area contributed by atoms with Crippen molar-refractivity contribution in [2.75, 3.05) is 25.4 Å². The number of rotatable bonds is 2.